The second-order valence-electron chi connectivity index (χ2n) is 9.68. The Morgan fingerprint density at radius 3 is 2.42 bits per heavy atom. The molecule has 0 aliphatic rings. The molecule has 14 heteroatoms. The van der Waals surface area contributed by atoms with Crippen molar-refractivity contribution in [1.29, 1.82) is 0 Å². The molecular formula is C29H31F3N10O. The number of alkyl halides is 3. The van der Waals surface area contributed by atoms with Crippen molar-refractivity contribution in [3.05, 3.63) is 102 Å². The summed E-state index contributed by atoms with van der Waals surface area (Å²) < 4.78 is 42.3. The van der Waals surface area contributed by atoms with Gasteiger partial charge in [-0.2, -0.15) is 13.2 Å². The molecule has 2 aromatic heterocycles. The number of hydrazine groups is 1. The first-order valence-corrected chi connectivity index (χ1v) is 12.9. The van der Waals surface area contributed by atoms with E-state index >= 15 is 0 Å². The van der Waals surface area contributed by atoms with Crippen LogP contribution in [0.3, 0.4) is 0 Å². The summed E-state index contributed by atoms with van der Waals surface area (Å²) in [5.41, 5.74) is 2.37. The molecule has 11 nitrogen and oxygen atoms in total. The Bertz CT molecular complexity index is 1680. The lowest BCUT2D eigenvalue weighted by Gasteiger charge is -2.24. The van der Waals surface area contributed by atoms with Gasteiger partial charge in [0.15, 0.2) is 5.82 Å². The molecule has 2 amide bonds. The highest BCUT2D eigenvalue weighted by molar-refractivity contribution is 6.00. The van der Waals surface area contributed by atoms with Crippen LogP contribution < -0.4 is 32.1 Å². The summed E-state index contributed by atoms with van der Waals surface area (Å²) in [5, 5.41) is 12.7. The Labute approximate surface area is 246 Å². The summed E-state index contributed by atoms with van der Waals surface area (Å²) in [6, 6.07) is 9.31. The minimum atomic E-state index is -4.62. The molecule has 0 radical (unpaired) electrons. The molecule has 0 aliphatic heterocycles. The number of rotatable bonds is 9. The van der Waals surface area contributed by atoms with Crippen molar-refractivity contribution in [1.82, 2.24) is 19.5 Å². The number of hydrogen-bond donors (Lipinski definition) is 5. The molecule has 4 aromatic rings. The SMILES string of the molecule is C=C(C)/C=C(/Nc1cc(NC(=O)Nc2cc(-n3cnc(C)c3)cc(C(F)(F)F)c2)ccc1C)N(N)c1cc(NC)ncn1. The third-order valence-electron chi connectivity index (χ3n) is 6.07. The van der Waals surface area contributed by atoms with E-state index in [1.165, 1.54) is 28.3 Å². The van der Waals surface area contributed by atoms with E-state index in [1.807, 2.05) is 6.92 Å². The topological polar surface area (TPSA) is 138 Å². The zero-order valence-corrected chi connectivity index (χ0v) is 23.9. The number of nitrogens with two attached hydrogens (primary N) is 1. The van der Waals surface area contributed by atoms with Crippen molar-refractivity contribution in [2.75, 3.05) is 33.3 Å². The van der Waals surface area contributed by atoms with Crippen molar-refractivity contribution < 1.29 is 18.0 Å². The molecule has 4 rings (SSSR count). The molecule has 0 saturated heterocycles. The summed E-state index contributed by atoms with van der Waals surface area (Å²) in [7, 11) is 1.72. The van der Waals surface area contributed by atoms with Crippen molar-refractivity contribution in [3.8, 4) is 5.69 Å². The van der Waals surface area contributed by atoms with Gasteiger partial charge < -0.3 is 25.8 Å². The van der Waals surface area contributed by atoms with Crippen LogP contribution in [0.1, 0.15) is 23.7 Å². The number of carbonyl (C=O) groups is 1. The van der Waals surface area contributed by atoms with E-state index in [4.69, 9.17) is 5.84 Å². The number of allylic oxidation sites excluding steroid dienone is 2. The number of aromatic nitrogens is 4. The van der Waals surface area contributed by atoms with Gasteiger partial charge in [0.1, 0.15) is 18.0 Å². The van der Waals surface area contributed by atoms with E-state index in [9.17, 15) is 18.0 Å². The minimum Gasteiger partial charge on any atom is -0.373 e. The Kier molecular flexibility index (Phi) is 9.00. The van der Waals surface area contributed by atoms with E-state index < -0.39 is 17.8 Å². The second kappa shape index (κ2) is 12.7. The van der Waals surface area contributed by atoms with Crippen molar-refractivity contribution in [2.45, 2.75) is 26.9 Å². The summed E-state index contributed by atoms with van der Waals surface area (Å²) in [6.45, 7) is 9.31. The maximum absolute atomic E-state index is 13.6. The molecule has 0 aliphatic carbocycles. The number of urea groups is 1. The molecule has 2 aromatic carbocycles. The van der Waals surface area contributed by atoms with Crippen LogP contribution in [0.5, 0.6) is 0 Å². The zero-order chi connectivity index (χ0) is 31.3. The van der Waals surface area contributed by atoms with E-state index in [2.05, 4.69) is 42.8 Å². The van der Waals surface area contributed by atoms with Gasteiger partial charge in [-0.15, -0.1) is 0 Å². The third-order valence-corrected chi connectivity index (χ3v) is 6.07. The van der Waals surface area contributed by atoms with Crippen LogP contribution >= 0.6 is 0 Å². The molecule has 43 heavy (non-hydrogen) atoms. The monoisotopic (exact) mass is 592 g/mol. The van der Waals surface area contributed by atoms with E-state index in [0.717, 1.165) is 17.7 Å². The van der Waals surface area contributed by atoms with Crippen LogP contribution in [0.25, 0.3) is 5.69 Å². The lowest BCUT2D eigenvalue weighted by molar-refractivity contribution is -0.137. The first-order chi connectivity index (χ1) is 20.3. The molecule has 224 valence electrons. The van der Waals surface area contributed by atoms with E-state index in [-0.39, 0.29) is 11.4 Å². The molecule has 2 heterocycles. The predicted molar refractivity (Wildman–Crippen MR) is 162 cm³/mol. The number of carbonyl (C=O) groups excluding carboxylic acids is 1. The number of amides is 2. The number of benzene rings is 2. The van der Waals surface area contributed by atoms with Gasteiger partial charge in [0.25, 0.3) is 0 Å². The Balaban J connectivity index is 1.56. The van der Waals surface area contributed by atoms with Gasteiger partial charge in [0.2, 0.25) is 0 Å². The maximum Gasteiger partial charge on any atom is 0.416 e. The fourth-order valence-corrected chi connectivity index (χ4v) is 3.96. The van der Waals surface area contributed by atoms with Gasteiger partial charge in [-0.25, -0.2) is 30.6 Å². The lowest BCUT2D eigenvalue weighted by Crippen LogP contribution is -2.34. The van der Waals surface area contributed by atoms with Crippen LogP contribution in [0, 0.1) is 13.8 Å². The van der Waals surface area contributed by atoms with Crippen LogP contribution in [0.2, 0.25) is 0 Å². The lowest BCUT2D eigenvalue weighted by atomic mass is 10.1. The van der Waals surface area contributed by atoms with Crippen molar-refractivity contribution >= 4 is 34.7 Å². The van der Waals surface area contributed by atoms with Crippen molar-refractivity contribution in [2.24, 2.45) is 5.84 Å². The van der Waals surface area contributed by atoms with Crippen LogP contribution in [-0.2, 0) is 6.18 Å². The maximum atomic E-state index is 13.6. The number of imidazole rings is 1. The largest absolute Gasteiger partial charge is 0.416 e. The Hall–Kier alpha value is -5.37. The second-order valence-corrected chi connectivity index (χ2v) is 9.68. The summed E-state index contributed by atoms with van der Waals surface area (Å²) in [5.74, 6) is 7.79. The molecular weight excluding hydrogens is 561 g/mol. The van der Waals surface area contributed by atoms with Crippen LogP contribution in [0.4, 0.5) is 46.7 Å². The smallest absolute Gasteiger partial charge is 0.373 e. The molecule has 0 saturated carbocycles. The Morgan fingerprint density at radius 2 is 1.77 bits per heavy atom. The summed E-state index contributed by atoms with van der Waals surface area (Å²) in [4.78, 5) is 25.3. The number of anilines is 5. The number of hydrogen-bond acceptors (Lipinski definition) is 8. The third kappa shape index (κ3) is 7.89. The minimum absolute atomic E-state index is 0.0459. The number of nitrogens with zero attached hydrogens (tertiary/aromatic N) is 5. The normalized spacial score (nSPS) is 11.6. The van der Waals surface area contributed by atoms with Gasteiger partial charge in [0.05, 0.1) is 17.6 Å². The Morgan fingerprint density at radius 1 is 1.02 bits per heavy atom. The zero-order valence-electron chi connectivity index (χ0n) is 23.9. The quantitative estimate of drug-likeness (QED) is 0.0881. The van der Waals surface area contributed by atoms with Gasteiger partial charge >= 0.3 is 12.2 Å². The first kappa shape index (κ1) is 30.6. The number of halogens is 3. The molecule has 0 atom stereocenters. The average molecular weight is 593 g/mol. The summed E-state index contributed by atoms with van der Waals surface area (Å²) >= 11 is 0. The number of nitrogens with one attached hydrogen (secondary N) is 4. The molecule has 0 unspecified atom stereocenters. The van der Waals surface area contributed by atoms with Gasteiger partial charge in [-0.3, -0.25) is 0 Å². The van der Waals surface area contributed by atoms with Gasteiger partial charge in [-0.05, 0) is 62.7 Å². The molecule has 0 bridgehead atoms. The summed E-state index contributed by atoms with van der Waals surface area (Å²) in [6.07, 6.45) is 1.46. The fraction of sp³-hybridized carbons (Fsp3) is 0.172. The highest BCUT2D eigenvalue weighted by Gasteiger charge is 2.31. The molecule has 0 fully saturated rings. The van der Waals surface area contributed by atoms with Crippen LogP contribution in [0.15, 0.2) is 85.4 Å². The molecule has 0 spiro atoms. The van der Waals surface area contributed by atoms with Gasteiger partial charge in [-0.1, -0.05) is 18.2 Å². The van der Waals surface area contributed by atoms with Crippen LogP contribution in [-0.4, -0.2) is 32.6 Å². The fourth-order valence-electron chi connectivity index (χ4n) is 3.96. The standard InChI is InChI=1S/C29H31F3N10O/c1-17(2)8-27(42(33)26-13-25(34-5)35-15-36-26)40-24-12-21(7-6-18(24)3)38-28(43)39-22-9-20(29(30,31)32)10-23(11-22)41-14-19(4)37-16-41/h6-16,40H,1,33H2,2-5H3,(H,34,35,36)(H2,38,39,43)/b27-8-. The van der Waals surface area contributed by atoms with Gasteiger partial charge in [0, 0.05) is 42.1 Å². The van der Waals surface area contributed by atoms with Crippen molar-refractivity contribution in [3.63, 3.8) is 0 Å². The molecule has 6 N–H and O–H groups in total. The number of aryl methyl sites for hydroxylation is 2. The highest BCUT2D eigenvalue weighted by Crippen LogP contribution is 2.33. The van der Waals surface area contributed by atoms with E-state index in [1.54, 1.807) is 57.4 Å². The van der Waals surface area contributed by atoms with E-state index in [0.29, 0.717) is 40.1 Å². The first-order valence-electron chi connectivity index (χ1n) is 12.9. The average Bonchev–Trinajstić information content (AvgIpc) is 3.39. The highest BCUT2D eigenvalue weighted by atomic mass is 19.4. The predicted octanol–water partition coefficient (Wildman–Crippen LogP) is 6.19.